The number of rotatable bonds is 9. The van der Waals surface area contributed by atoms with E-state index in [1.807, 2.05) is 0 Å². The van der Waals surface area contributed by atoms with Gasteiger partial charge in [0.1, 0.15) is 0 Å². The molecule has 0 bridgehead atoms. The summed E-state index contributed by atoms with van der Waals surface area (Å²) < 4.78 is 0. The van der Waals surface area contributed by atoms with Gasteiger partial charge in [0, 0.05) is 12.1 Å². The second-order valence-corrected chi connectivity index (χ2v) is 5.37. The van der Waals surface area contributed by atoms with E-state index in [0.717, 1.165) is 38.9 Å². The molecule has 18 heavy (non-hydrogen) atoms. The van der Waals surface area contributed by atoms with E-state index in [1.54, 1.807) is 0 Å². The third-order valence-electron chi connectivity index (χ3n) is 4.10. The molecule has 1 saturated carbocycles. The average Bonchev–Trinajstić information content (AvgIpc) is 2.29. The van der Waals surface area contributed by atoms with Crippen molar-refractivity contribution in [2.45, 2.75) is 58.5 Å². The summed E-state index contributed by atoms with van der Waals surface area (Å²) in [4.78, 5) is 13.3. The topological polar surface area (TPSA) is 52.6 Å². The van der Waals surface area contributed by atoms with Crippen molar-refractivity contribution in [3.8, 4) is 0 Å². The van der Waals surface area contributed by atoms with Gasteiger partial charge >= 0.3 is 5.97 Å². The molecule has 1 aliphatic carbocycles. The zero-order chi connectivity index (χ0) is 13.5. The van der Waals surface area contributed by atoms with Crippen LogP contribution in [0.25, 0.3) is 0 Å². The van der Waals surface area contributed by atoms with E-state index in [0.29, 0.717) is 6.04 Å². The fourth-order valence-electron chi connectivity index (χ4n) is 2.60. The number of carboxylic acid groups (broad SMARTS) is 1. The summed E-state index contributed by atoms with van der Waals surface area (Å²) in [5.74, 6) is -0.802. The van der Waals surface area contributed by atoms with E-state index in [1.165, 1.54) is 6.42 Å². The Bertz CT molecular complexity index is 254. The zero-order valence-corrected chi connectivity index (χ0v) is 12.0. The lowest BCUT2D eigenvalue weighted by atomic mass is 9.79. The first-order valence-electron chi connectivity index (χ1n) is 7.29. The highest BCUT2D eigenvalue weighted by molar-refractivity contribution is 5.72. The molecule has 1 rings (SSSR count). The number of aliphatic carboxylic acids is 1. The Labute approximate surface area is 111 Å². The Kier molecular flexibility index (Phi) is 6.65. The molecule has 0 aromatic carbocycles. The first-order chi connectivity index (χ1) is 8.58. The van der Waals surface area contributed by atoms with Gasteiger partial charge in [0.2, 0.25) is 0 Å². The molecule has 0 aromatic rings. The lowest BCUT2D eigenvalue weighted by molar-refractivity contribution is -0.146. The summed E-state index contributed by atoms with van der Waals surface area (Å²) in [6.07, 6.45) is 4.15. The lowest BCUT2D eigenvalue weighted by Crippen LogP contribution is -2.50. The summed E-state index contributed by atoms with van der Waals surface area (Å²) in [6.45, 7) is 9.92. The summed E-state index contributed by atoms with van der Waals surface area (Å²) in [5.41, 5.74) is 0. The molecular weight excluding hydrogens is 228 g/mol. The molecule has 4 nitrogen and oxygen atoms in total. The van der Waals surface area contributed by atoms with Gasteiger partial charge in [0.05, 0.1) is 5.92 Å². The highest BCUT2D eigenvalue weighted by atomic mass is 16.4. The van der Waals surface area contributed by atoms with Crippen molar-refractivity contribution in [2.75, 3.05) is 19.6 Å². The van der Waals surface area contributed by atoms with Crippen LogP contribution in [0, 0.1) is 5.92 Å². The van der Waals surface area contributed by atoms with Gasteiger partial charge in [0.15, 0.2) is 0 Å². The van der Waals surface area contributed by atoms with Crippen molar-refractivity contribution in [1.29, 1.82) is 0 Å². The Hall–Kier alpha value is -0.610. The number of hydrogen-bond donors (Lipinski definition) is 2. The van der Waals surface area contributed by atoms with Crippen molar-refractivity contribution in [3.63, 3.8) is 0 Å². The van der Waals surface area contributed by atoms with Crippen LogP contribution in [0.3, 0.4) is 0 Å². The second kappa shape index (κ2) is 7.74. The van der Waals surface area contributed by atoms with Gasteiger partial charge in [-0.25, -0.2) is 0 Å². The van der Waals surface area contributed by atoms with Crippen molar-refractivity contribution in [2.24, 2.45) is 5.92 Å². The van der Waals surface area contributed by atoms with E-state index >= 15 is 0 Å². The van der Waals surface area contributed by atoms with Crippen LogP contribution in [0.5, 0.6) is 0 Å². The van der Waals surface area contributed by atoms with E-state index in [4.69, 9.17) is 5.11 Å². The summed E-state index contributed by atoms with van der Waals surface area (Å²) in [5, 5.41) is 12.4. The van der Waals surface area contributed by atoms with E-state index in [-0.39, 0.29) is 12.0 Å². The fraction of sp³-hybridized carbons (Fsp3) is 0.929. The van der Waals surface area contributed by atoms with Gasteiger partial charge in [-0.2, -0.15) is 0 Å². The van der Waals surface area contributed by atoms with E-state index < -0.39 is 5.97 Å². The van der Waals surface area contributed by atoms with Crippen LogP contribution in [-0.2, 0) is 4.79 Å². The van der Waals surface area contributed by atoms with Gasteiger partial charge in [-0.05, 0) is 52.2 Å². The molecule has 3 unspecified atom stereocenters. The van der Waals surface area contributed by atoms with Gasteiger partial charge in [-0.1, -0.05) is 13.8 Å². The minimum atomic E-state index is -0.644. The Morgan fingerprint density at radius 2 is 2.06 bits per heavy atom. The fourth-order valence-corrected chi connectivity index (χ4v) is 2.60. The molecule has 0 heterocycles. The van der Waals surface area contributed by atoms with Crippen molar-refractivity contribution < 1.29 is 9.90 Å². The maximum atomic E-state index is 10.9. The monoisotopic (exact) mass is 256 g/mol. The molecule has 4 heteroatoms. The number of nitrogens with zero attached hydrogens (tertiary/aromatic N) is 1. The molecule has 3 atom stereocenters. The molecule has 2 N–H and O–H groups in total. The number of hydrogen-bond acceptors (Lipinski definition) is 3. The minimum Gasteiger partial charge on any atom is -0.481 e. The van der Waals surface area contributed by atoms with Crippen molar-refractivity contribution in [1.82, 2.24) is 10.2 Å². The smallest absolute Gasteiger partial charge is 0.308 e. The van der Waals surface area contributed by atoms with Crippen LogP contribution in [0.2, 0.25) is 0 Å². The van der Waals surface area contributed by atoms with Crippen LogP contribution < -0.4 is 5.32 Å². The van der Waals surface area contributed by atoms with Gasteiger partial charge in [0.25, 0.3) is 0 Å². The Balaban J connectivity index is 2.14. The van der Waals surface area contributed by atoms with Crippen LogP contribution in [0.15, 0.2) is 0 Å². The highest BCUT2D eigenvalue weighted by Crippen LogP contribution is 2.28. The molecule has 1 aliphatic rings. The molecule has 0 radical (unpaired) electrons. The molecule has 0 aliphatic heterocycles. The molecule has 0 saturated heterocycles. The predicted molar refractivity (Wildman–Crippen MR) is 73.8 cm³/mol. The predicted octanol–water partition coefficient (Wildman–Crippen LogP) is 1.95. The molecule has 0 aromatic heterocycles. The van der Waals surface area contributed by atoms with Gasteiger partial charge in [-0.3, -0.25) is 4.79 Å². The van der Waals surface area contributed by atoms with E-state index in [9.17, 15) is 4.79 Å². The SMILES string of the molecule is CCN(CC)CCCC(C)NC1CCC1C(=O)O. The quantitative estimate of drug-likeness (QED) is 0.662. The summed E-state index contributed by atoms with van der Waals surface area (Å²) in [7, 11) is 0. The van der Waals surface area contributed by atoms with Gasteiger partial charge in [-0.15, -0.1) is 0 Å². The maximum absolute atomic E-state index is 10.9. The van der Waals surface area contributed by atoms with Crippen LogP contribution in [0.4, 0.5) is 0 Å². The summed E-state index contributed by atoms with van der Waals surface area (Å²) >= 11 is 0. The second-order valence-electron chi connectivity index (χ2n) is 5.37. The first kappa shape index (κ1) is 15.4. The van der Waals surface area contributed by atoms with Crippen LogP contribution in [-0.4, -0.2) is 47.7 Å². The number of nitrogens with one attached hydrogen (secondary N) is 1. The van der Waals surface area contributed by atoms with Gasteiger partial charge < -0.3 is 15.3 Å². The average molecular weight is 256 g/mol. The number of carbonyl (C=O) groups is 1. The minimum absolute atomic E-state index is 0.157. The molecule has 0 spiro atoms. The summed E-state index contributed by atoms with van der Waals surface area (Å²) in [6, 6.07) is 0.624. The van der Waals surface area contributed by atoms with Crippen LogP contribution >= 0.6 is 0 Å². The third-order valence-corrected chi connectivity index (χ3v) is 4.10. The molecule has 106 valence electrons. The Morgan fingerprint density at radius 3 is 2.50 bits per heavy atom. The molecular formula is C14H28N2O2. The highest BCUT2D eigenvalue weighted by Gasteiger charge is 2.36. The van der Waals surface area contributed by atoms with Crippen LogP contribution in [0.1, 0.15) is 46.5 Å². The third kappa shape index (κ3) is 4.58. The normalized spacial score (nSPS) is 24.9. The number of carboxylic acids is 1. The standard InChI is InChI=1S/C14H28N2O2/c1-4-16(5-2)10-6-7-11(3)15-13-9-8-12(13)14(17)18/h11-13,15H,4-10H2,1-3H3,(H,17,18). The molecule has 0 amide bonds. The molecule has 1 fully saturated rings. The maximum Gasteiger partial charge on any atom is 0.308 e. The van der Waals surface area contributed by atoms with E-state index in [2.05, 4.69) is 31.0 Å². The zero-order valence-electron chi connectivity index (χ0n) is 12.0. The lowest BCUT2D eigenvalue weighted by Gasteiger charge is -2.36. The van der Waals surface area contributed by atoms with Crippen molar-refractivity contribution in [3.05, 3.63) is 0 Å². The van der Waals surface area contributed by atoms with Crippen molar-refractivity contribution >= 4 is 5.97 Å². The largest absolute Gasteiger partial charge is 0.481 e. The Morgan fingerprint density at radius 1 is 1.39 bits per heavy atom. The first-order valence-corrected chi connectivity index (χ1v) is 7.29.